The minimum absolute atomic E-state index is 0.0411. The number of piperazine rings is 1. The molecule has 26 heavy (non-hydrogen) atoms. The van der Waals surface area contributed by atoms with Crippen LogP contribution < -0.4 is 19.9 Å². The van der Waals surface area contributed by atoms with Crippen molar-refractivity contribution in [2.24, 2.45) is 0 Å². The Labute approximate surface area is 155 Å². The van der Waals surface area contributed by atoms with Crippen LogP contribution in [0.15, 0.2) is 54.6 Å². The fraction of sp³-hybridized carbons (Fsp3) is 0.381. The fourth-order valence-electron chi connectivity index (χ4n) is 3.70. The third-order valence-corrected chi connectivity index (χ3v) is 5.24. The van der Waals surface area contributed by atoms with Gasteiger partial charge in [0.1, 0.15) is 31.9 Å². The van der Waals surface area contributed by atoms with Crippen molar-refractivity contribution in [3.8, 4) is 5.75 Å². The molecule has 0 saturated carbocycles. The smallest absolute Gasteiger partial charge is 0.287 e. The van der Waals surface area contributed by atoms with E-state index in [1.54, 1.807) is 12.0 Å². The Kier molecular flexibility index (Phi) is 6.26. The van der Waals surface area contributed by atoms with Gasteiger partial charge in [-0.2, -0.15) is 0 Å². The summed E-state index contributed by atoms with van der Waals surface area (Å²) in [5, 5.41) is 3.09. The van der Waals surface area contributed by atoms with Crippen LogP contribution in [0.2, 0.25) is 0 Å². The minimum atomic E-state index is -0.194. The van der Waals surface area contributed by atoms with Crippen LogP contribution in [0, 0.1) is 0 Å². The van der Waals surface area contributed by atoms with E-state index in [1.165, 1.54) is 4.90 Å². The predicted molar refractivity (Wildman–Crippen MR) is 103 cm³/mol. The number of hydrogen-bond acceptors (Lipinski definition) is 2. The first kappa shape index (κ1) is 18.4. The number of carbonyl (C=O) groups is 1. The van der Waals surface area contributed by atoms with Crippen LogP contribution >= 0.6 is 0 Å². The lowest BCUT2D eigenvalue weighted by atomic mass is 10.0. The van der Waals surface area contributed by atoms with Crippen LogP contribution in [0.25, 0.3) is 0 Å². The van der Waals surface area contributed by atoms with E-state index >= 15 is 0 Å². The van der Waals surface area contributed by atoms with Crippen molar-refractivity contribution in [3.05, 3.63) is 60.2 Å². The Morgan fingerprint density at radius 1 is 1.08 bits per heavy atom. The van der Waals surface area contributed by atoms with E-state index in [0.717, 1.165) is 49.7 Å². The summed E-state index contributed by atoms with van der Waals surface area (Å²) in [6.07, 6.45) is 0. The van der Waals surface area contributed by atoms with Gasteiger partial charge in [-0.05, 0) is 19.1 Å². The molecule has 0 spiro atoms. The van der Waals surface area contributed by atoms with Gasteiger partial charge < -0.3 is 19.9 Å². The van der Waals surface area contributed by atoms with E-state index in [1.807, 2.05) is 42.5 Å². The van der Waals surface area contributed by atoms with Gasteiger partial charge >= 0.3 is 0 Å². The normalized spacial score (nSPS) is 21.0. The van der Waals surface area contributed by atoms with Crippen LogP contribution in [0.3, 0.4) is 0 Å². The number of nitrogens with one attached hydrogen (secondary N) is 3. The number of hydrogen-bond donors (Lipinski definition) is 3. The van der Waals surface area contributed by atoms with Gasteiger partial charge in [-0.25, -0.2) is 0 Å². The number of carbonyl (C=O) groups excluding carboxylic acids is 1. The fourth-order valence-corrected chi connectivity index (χ4v) is 3.70. The molecular weight excluding hydrogens is 326 g/mol. The number of anilines is 1. The zero-order valence-corrected chi connectivity index (χ0v) is 15.6. The van der Waals surface area contributed by atoms with E-state index in [9.17, 15) is 4.79 Å². The second-order valence-corrected chi connectivity index (χ2v) is 6.83. The second-order valence-electron chi connectivity index (χ2n) is 6.83. The van der Waals surface area contributed by atoms with E-state index in [0.29, 0.717) is 0 Å². The zero-order chi connectivity index (χ0) is 18.4. The molecular formula is C21H29N3O2+2. The molecule has 0 unspecified atom stereocenters. The number of methoxy groups -OCH3 is 1. The molecule has 138 valence electrons. The summed E-state index contributed by atoms with van der Waals surface area (Å²) >= 11 is 0. The van der Waals surface area contributed by atoms with Crippen LogP contribution in [0.5, 0.6) is 5.75 Å². The third-order valence-electron chi connectivity index (χ3n) is 5.24. The van der Waals surface area contributed by atoms with Gasteiger partial charge in [0.25, 0.3) is 5.91 Å². The Balaban J connectivity index is 1.80. The van der Waals surface area contributed by atoms with Crippen LogP contribution in [0.4, 0.5) is 5.69 Å². The second kappa shape index (κ2) is 8.83. The lowest BCUT2D eigenvalue weighted by molar-refractivity contribution is -1.02. The largest absolute Gasteiger partial charge is 0.497 e. The molecule has 1 aliphatic rings. The maximum atomic E-state index is 13.2. The predicted octanol–water partition coefficient (Wildman–Crippen LogP) is 0.178. The van der Waals surface area contributed by atoms with Crippen molar-refractivity contribution in [3.63, 3.8) is 0 Å². The molecule has 1 heterocycles. The van der Waals surface area contributed by atoms with Crippen molar-refractivity contribution in [2.75, 3.05) is 45.2 Å². The molecule has 0 bridgehead atoms. The van der Waals surface area contributed by atoms with Gasteiger partial charge in [0.05, 0.1) is 13.7 Å². The number of quaternary nitrogens is 2. The lowest BCUT2D eigenvalue weighted by Crippen LogP contribution is -3.28. The highest BCUT2D eigenvalue weighted by Crippen LogP contribution is 2.19. The molecule has 0 aliphatic carbocycles. The highest BCUT2D eigenvalue weighted by molar-refractivity contribution is 5.94. The summed E-state index contributed by atoms with van der Waals surface area (Å²) in [5.74, 6) is 0.783. The first-order valence-corrected chi connectivity index (χ1v) is 9.39. The number of likely N-dealkylation sites (N-methyl/N-ethyl adjacent to an activating group) is 1. The molecule has 1 fully saturated rings. The molecule has 1 saturated heterocycles. The van der Waals surface area contributed by atoms with Crippen molar-refractivity contribution >= 4 is 11.6 Å². The van der Waals surface area contributed by atoms with Crippen molar-refractivity contribution in [2.45, 2.75) is 13.0 Å². The summed E-state index contributed by atoms with van der Waals surface area (Å²) in [6, 6.07) is 17.5. The summed E-state index contributed by atoms with van der Waals surface area (Å²) in [4.78, 5) is 16.1. The zero-order valence-electron chi connectivity index (χ0n) is 15.6. The van der Waals surface area contributed by atoms with Crippen LogP contribution in [-0.4, -0.2) is 45.7 Å². The molecule has 3 N–H and O–H groups in total. The van der Waals surface area contributed by atoms with Gasteiger partial charge in [0, 0.05) is 17.3 Å². The highest BCUT2D eigenvalue weighted by Gasteiger charge is 2.35. The first-order valence-electron chi connectivity index (χ1n) is 9.39. The maximum Gasteiger partial charge on any atom is 0.287 e. The van der Waals surface area contributed by atoms with Gasteiger partial charge in [-0.15, -0.1) is 0 Å². The Hall–Kier alpha value is -2.37. The molecule has 2 aromatic carbocycles. The Morgan fingerprint density at radius 3 is 2.46 bits per heavy atom. The number of amides is 1. The van der Waals surface area contributed by atoms with E-state index < -0.39 is 0 Å². The number of rotatable bonds is 6. The quantitative estimate of drug-likeness (QED) is 0.692. The molecule has 0 radical (unpaired) electrons. The summed E-state index contributed by atoms with van der Waals surface area (Å²) in [6.45, 7) is 7.62. The molecule has 1 aliphatic heterocycles. The van der Waals surface area contributed by atoms with Gasteiger partial charge in [0.15, 0.2) is 6.04 Å². The summed E-state index contributed by atoms with van der Waals surface area (Å²) < 4.78 is 5.26. The highest BCUT2D eigenvalue weighted by atomic mass is 16.5. The van der Waals surface area contributed by atoms with E-state index in [4.69, 9.17) is 4.74 Å². The van der Waals surface area contributed by atoms with Crippen LogP contribution in [-0.2, 0) is 4.79 Å². The monoisotopic (exact) mass is 355 g/mol. The van der Waals surface area contributed by atoms with Crippen LogP contribution in [0.1, 0.15) is 18.5 Å². The number of ether oxygens (including phenoxy) is 1. The third kappa shape index (κ3) is 4.42. The maximum absolute atomic E-state index is 13.2. The number of benzene rings is 2. The Bertz CT molecular complexity index is 712. The van der Waals surface area contributed by atoms with Gasteiger partial charge in [-0.3, -0.25) is 4.79 Å². The average Bonchev–Trinajstić information content (AvgIpc) is 2.69. The van der Waals surface area contributed by atoms with Gasteiger partial charge in [0.2, 0.25) is 0 Å². The molecule has 3 rings (SSSR count). The summed E-state index contributed by atoms with van der Waals surface area (Å²) in [7, 11) is 1.63. The topological polar surface area (TPSA) is 47.2 Å². The SMILES string of the molecule is CC[NH+]1CC[NH+]([C@@H](C(=O)Nc2cccc(OC)c2)c2ccccc2)CC1. The van der Waals surface area contributed by atoms with Gasteiger partial charge in [-0.1, -0.05) is 36.4 Å². The Morgan fingerprint density at radius 2 is 1.81 bits per heavy atom. The first-order chi connectivity index (χ1) is 12.7. The summed E-state index contributed by atoms with van der Waals surface area (Å²) in [5.41, 5.74) is 1.84. The van der Waals surface area contributed by atoms with E-state index in [2.05, 4.69) is 24.4 Å². The molecule has 5 nitrogen and oxygen atoms in total. The van der Waals surface area contributed by atoms with Crippen molar-refractivity contribution in [1.82, 2.24) is 0 Å². The van der Waals surface area contributed by atoms with Crippen molar-refractivity contribution in [1.29, 1.82) is 0 Å². The average molecular weight is 355 g/mol. The minimum Gasteiger partial charge on any atom is -0.497 e. The lowest BCUT2D eigenvalue weighted by Gasteiger charge is -2.33. The molecule has 1 atom stereocenters. The van der Waals surface area contributed by atoms with E-state index in [-0.39, 0.29) is 11.9 Å². The molecule has 5 heteroatoms. The van der Waals surface area contributed by atoms with Crippen molar-refractivity contribution < 1.29 is 19.3 Å². The molecule has 0 aromatic heterocycles. The molecule has 2 aromatic rings. The standard InChI is InChI=1S/C21H27N3O2/c1-3-23-12-14-24(15-13-23)20(17-8-5-4-6-9-17)21(25)22-18-10-7-11-19(16-18)26-2/h4-11,16,20H,3,12-15H2,1-2H3,(H,22,25)/p+2/t20-/m1/s1. The molecule has 1 amide bonds.